The maximum absolute atomic E-state index is 13.0. The van der Waals surface area contributed by atoms with E-state index in [4.69, 9.17) is 4.74 Å². The van der Waals surface area contributed by atoms with Crippen molar-refractivity contribution in [3.63, 3.8) is 0 Å². The van der Waals surface area contributed by atoms with Gasteiger partial charge in [-0.2, -0.15) is 0 Å². The number of hydrogen-bond acceptors (Lipinski definition) is 4. The van der Waals surface area contributed by atoms with Crippen molar-refractivity contribution >= 4 is 5.91 Å². The second-order valence-corrected chi connectivity index (χ2v) is 8.15. The van der Waals surface area contributed by atoms with E-state index in [9.17, 15) is 9.90 Å². The Morgan fingerprint density at radius 1 is 1.17 bits per heavy atom. The molecule has 1 N–H and O–H groups in total. The number of likely N-dealkylation sites (tertiary alicyclic amines) is 1. The lowest BCUT2D eigenvalue weighted by molar-refractivity contribution is -0.161. The van der Waals surface area contributed by atoms with Crippen LogP contribution >= 0.6 is 0 Å². The zero-order chi connectivity index (χ0) is 17.0. The molecule has 0 aromatic carbocycles. The minimum absolute atomic E-state index is 0.0294. The topological polar surface area (TPSA) is 53.0 Å². The molecule has 1 saturated carbocycles. The van der Waals surface area contributed by atoms with Crippen LogP contribution in [0.5, 0.6) is 0 Å². The van der Waals surface area contributed by atoms with Gasteiger partial charge < -0.3 is 14.7 Å². The van der Waals surface area contributed by atoms with Crippen LogP contribution in [0.25, 0.3) is 0 Å². The van der Waals surface area contributed by atoms with Gasteiger partial charge in [0.05, 0.1) is 0 Å². The summed E-state index contributed by atoms with van der Waals surface area (Å²) in [6.45, 7) is 3.70. The van der Waals surface area contributed by atoms with Gasteiger partial charge in [0.25, 0.3) is 5.91 Å². The van der Waals surface area contributed by atoms with Crippen LogP contribution in [0.3, 0.4) is 0 Å². The molecule has 1 aliphatic carbocycles. The number of hydrogen-bond donors (Lipinski definition) is 1. The number of nitrogens with zero attached hydrogens (tertiary/aromatic N) is 2. The first kappa shape index (κ1) is 18.2. The first-order valence-corrected chi connectivity index (χ1v) is 9.88. The molecular weight excluding hydrogens is 304 g/mol. The minimum atomic E-state index is -1.19. The van der Waals surface area contributed by atoms with Crippen LogP contribution < -0.4 is 0 Å². The molecule has 3 fully saturated rings. The summed E-state index contributed by atoms with van der Waals surface area (Å²) in [6, 6.07) is 0.421. The Labute approximate surface area is 146 Å². The third-order valence-electron chi connectivity index (χ3n) is 6.23. The van der Waals surface area contributed by atoms with E-state index in [0.29, 0.717) is 24.9 Å². The van der Waals surface area contributed by atoms with E-state index in [-0.39, 0.29) is 5.91 Å². The largest absolute Gasteiger partial charge is 0.381 e. The van der Waals surface area contributed by atoms with E-state index in [1.807, 2.05) is 11.9 Å². The van der Waals surface area contributed by atoms with Crippen molar-refractivity contribution in [2.45, 2.75) is 69.4 Å². The van der Waals surface area contributed by atoms with Gasteiger partial charge in [-0.05, 0) is 51.5 Å². The van der Waals surface area contributed by atoms with Crippen molar-refractivity contribution in [1.82, 2.24) is 9.80 Å². The number of aliphatic hydroxyl groups is 1. The van der Waals surface area contributed by atoms with Gasteiger partial charge in [-0.1, -0.05) is 19.3 Å². The van der Waals surface area contributed by atoms with Crippen molar-refractivity contribution in [3.05, 3.63) is 0 Å². The van der Waals surface area contributed by atoms with Crippen LogP contribution in [-0.4, -0.2) is 72.4 Å². The van der Waals surface area contributed by atoms with Gasteiger partial charge in [-0.3, -0.25) is 9.69 Å². The van der Waals surface area contributed by atoms with Gasteiger partial charge in [0, 0.05) is 38.9 Å². The number of likely N-dealkylation sites (N-methyl/N-ethyl adjacent to an activating group) is 1. The summed E-state index contributed by atoms with van der Waals surface area (Å²) in [5.41, 5.74) is -1.19. The fraction of sp³-hybridized carbons (Fsp3) is 0.947. The molecule has 24 heavy (non-hydrogen) atoms. The monoisotopic (exact) mass is 338 g/mol. The predicted octanol–water partition coefficient (Wildman–Crippen LogP) is 2.03. The molecular formula is C19H34N2O3. The first-order chi connectivity index (χ1) is 11.6. The van der Waals surface area contributed by atoms with E-state index in [1.165, 1.54) is 32.1 Å². The van der Waals surface area contributed by atoms with Crippen LogP contribution in [0.2, 0.25) is 0 Å². The molecule has 1 amide bonds. The molecule has 0 spiro atoms. The second-order valence-electron chi connectivity index (χ2n) is 8.15. The fourth-order valence-electron chi connectivity index (χ4n) is 4.74. The zero-order valence-electron chi connectivity index (χ0n) is 15.2. The molecule has 5 nitrogen and oxygen atoms in total. The Morgan fingerprint density at radius 3 is 2.58 bits per heavy atom. The van der Waals surface area contributed by atoms with E-state index < -0.39 is 5.60 Å². The average Bonchev–Trinajstić information content (AvgIpc) is 2.61. The number of amides is 1. The Balaban J connectivity index is 1.57. The fourth-order valence-corrected chi connectivity index (χ4v) is 4.74. The SMILES string of the molecule is CN(CC1(O)CCCN(CC2CCCCC2)C1=O)C1CCOCC1. The summed E-state index contributed by atoms with van der Waals surface area (Å²) >= 11 is 0. The Kier molecular flexibility index (Phi) is 6.17. The first-order valence-electron chi connectivity index (χ1n) is 9.88. The van der Waals surface area contributed by atoms with E-state index >= 15 is 0 Å². The molecule has 0 aromatic heterocycles. The molecule has 3 aliphatic rings. The highest BCUT2D eigenvalue weighted by Gasteiger charge is 2.44. The van der Waals surface area contributed by atoms with Gasteiger partial charge >= 0.3 is 0 Å². The Hall–Kier alpha value is -0.650. The van der Waals surface area contributed by atoms with Crippen molar-refractivity contribution in [3.8, 4) is 0 Å². The van der Waals surface area contributed by atoms with Gasteiger partial charge in [-0.25, -0.2) is 0 Å². The number of piperidine rings is 1. The average molecular weight is 338 g/mol. The molecule has 3 rings (SSSR count). The molecule has 2 heterocycles. The van der Waals surface area contributed by atoms with Crippen molar-refractivity contribution in [2.24, 2.45) is 5.92 Å². The van der Waals surface area contributed by atoms with Gasteiger partial charge in [-0.15, -0.1) is 0 Å². The molecule has 138 valence electrons. The van der Waals surface area contributed by atoms with Crippen LogP contribution in [0, 0.1) is 5.92 Å². The van der Waals surface area contributed by atoms with E-state index in [2.05, 4.69) is 4.90 Å². The number of rotatable bonds is 5. The lowest BCUT2D eigenvalue weighted by Gasteiger charge is -2.43. The van der Waals surface area contributed by atoms with Crippen molar-refractivity contribution in [1.29, 1.82) is 0 Å². The number of carbonyl (C=O) groups is 1. The van der Waals surface area contributed by atoms with Crippen molar-refractivity contribution < 1.29 is 14.6 Å². The van der Waals surface area contributed by atoms with Crippen LogP contribution in [0.15, 0.2) is 0 Å². The summed E-state index contributed by atoms with van der Waals surface area (Å²) in [7, 11) is 2.04. The number of ether oxygens (including phenoxy) is 1. The zero-order valence-corrected chi connectivity index (χ0v) is 15.2. The molecule has 5 heteroatoms. The van der Waals surface area contributed by atoms with E-state index in [1.54, 1.807) is 0 Å². The van der Waals surface area contributed by atoms with Crippen LogP contribution in [-0.2, 0) is 9.53 Å². The van der Waals surface area contributed by atoms with Crippen molar-refractivity contribution in [2.75, 3.05) is 39.9 Å². The summed E-state index contributed by atoms with van der Waals surface area (Å²) in [4.78, 5) is 17.1. The lowest BCUT2D eigenvalue weighted by Crippen LogP contribution is -2.60. The Morgan fingerprint density at radius 2 is 1.88 bits per heavy atom. The molecule has 2 saturated heterocycles. The quantitative estimate of drug-likeness (QED) is 0.833. The summed E-state index contributed by atoms with van der Waals surface area (Å²) in [5, 5.41) is 11.1. The normalized spacial score (nSPS) is 31.0. The van der Waals surface area contributed by atoms with E-state index in [0.717, 1.165) is 45.6 Å². The second kappa shape index (κ2) is 8.15. The maximum Gasteiger partial charge on any atom is 0.255 e. The summed E-state index contributed by atoms with van der Waals surface area (Å²) < 4.78 is 5.42. The third kappa shape index (κ3) is 4.30. The highest BCUT2D eigenvalue weighted by molar-refractivity contribution is 5.86. The Bertz CT molecular complexity index is 419. The third-order valence-corrected chi connectivity index (χ3v) is 6.23. The summed E-state index contributed by atoms with van der Waals surface area (Å²) in [5.74, 6) is 0.608. The molecule has 0 bridgehead atoms. The highest BCUT2D eigenvalue weighted by atomic mass is 16.5. The van der Waals surface area contributed by atoms with Gasteiger partial charge in [0.1, 0.15) is 0 Å². The molecule has 1 unspecified atom stereocenters. The predicted molar refractivity (Wildman–Crippen MR) is 93.8 cm³/mol. The standard InChI is InChI=1S/C19H34N2O3/c1-20(17-8-12-24-13-9-17)15-19(23)10-5-11-21(18(19)22)14-16-6-3-2-4-7-16/h16-17,23H,2-15H2,1H3. The molecule has 0 radical (unpaired) electrons. The number of carbonyl (C=O) groups excluding carboxylic acids is 1. The van der Waals surface area contributed by atoms with Gasteiger partial charge in [0.15, 0.2) is 5.60 Å². The smallest absolute Gasteiger partial charge is 0.255 e. The maximum atomic E-state index is 13.0. The van der Waals surface area contributed by atoms with Gasteiger partial charge in [0.2, 0.25) is 0 Å². The van der Waals surface area contributed by atoms with Crippen LogP contribution in [0.1, 0.15) is 57.8 Å². The molecule has 0 aromatic rings. The molecule has 1 atom stereocenters. The lowest BCUT2D eigenvalue weighted by atomic mass is 9.86. The summed E-state index contributed by atoms with van der Waals surface area (Å²) in [6.07, 6.45) is 9.90. The minimum Gasteiger partial charge on any atom is -0.381 e. The van der Waals surface area contributed by atoms with Crippen LogP contribution in [0.4, 0.5) is 0 Å². The molecule has 2 aliphatic heterocycles. The highest BCUT2D eigenvalue weighted by Crippen LogP contribution is 2.29.